The van der Waals surface area contributed by atoms with Crippen molar-refractivity contribution in [1.82, 2.24) is 24.3 Å². The fourth-order valence-electron chi connectivity index (χ4n) is 7.40. The number of benzene rings is 2. The van der Waals surface area contributed by atoms with Gasteiger partial charge in [0.1, 0.15) is 18.4 Å². The summed E-state index contributed by atoms with van der Waals surface area (Å²) in [7, 11) is 2.17. The summed E-state index contributed by atoms with van der Waals surface area (Å²) in [6.07, 6.45) is 5.06. The monoisotopic (exact) mass is 614 g/mol. The Bertz CT molecular complexity index is 1850. The zero-order valence-corrected chi connectivity index (χ0v) is 26.2. The van der Waals surface area contributed by atoms with Crippen LogP contribution in [-0.4, -0.2) is 115 Å². The van der Waals surface area contributed by atoms with Crippen LogP contribution in [0.3, 0.4) is 0 Å². The van der Waals surface area contributed by atoms with Gasteiger partial charge in [0.15, 0.2) is 0 Å². The Balaban J connectivity index is 1.06. The number of anilines is 2. The van der Waals surface area contributed by atoms with Gasteiger partial charge in [0.25, 0.3) is 0 Å². The Morgan fingerprint density at radius 3 is 2.50 bits per heavy atom. The van der Waals surface area contributed by atoms with Gasteiger partial charge in [0.05, 0.1) is 29.0 Å². The summed E-state index contributed by atoms with van der Waals surface area (Å²) >= 11 is 0. The van der Waals surface area contributed by atoms with E-state index in [1.54, 1.807) is 6.20 Å². The zero-order valence-electron chi connectivity index (χ0n) is 26.2. The predicted molar refractivity (Wildman–Crippen MR) is 179 cm³/mol. The second kappa shape index (κ2) is 11.5. The number of carbonyl (C=O) groups excluding carboxylic acids is 1. The third-order valence-electron chi connectivity index (χ3n) is 10.2. The number of pyridine rings is 1. The molecule has 3 fully saturated rings. The van der Waals surface area contributed by atoms with Crippen LogP contribution >= 0.6 is 0 Å². The van der Waals surface area contributed by atoms with E-state index < -0.39 is 0 Å². The molecule has 1 amide bonds. The SMILES string of the molecule is C=CC(=O)N1CC(N2CCN3c4ccc(-c5cc(-c6ccc(N7CCN(C)CC7)cc6)cn6ncc(C#N)c56)cc4OC[C@@H]3C2)C1. The van der Waals surface area contributed by atoms with Crippen molar-refractivity contribution in [3.8, 4) is 34.1 Å². The van der Waals surface area contributed by atoms with Crippen molar-refractivity contribution in [2.75, 3.05) is 82.4 Å². The third-order valence-corrected chi connectivity index (χ3v) is 10.2. The Kier molecular flexibility index (Phi) is 7.15. The highest BCUT2D eigenvalue weighted by molar-refractivity contribution is 5.89. The molecule has 0 bridgehead atoms. The molecule has 0 spiro atoms. The molecule has 3 saturated heterocycles. The molecule has 4 aliphatic rings. The van der Waals surface area contributed by atoms with E-state index in [2.05, 4.69) is 92.9 Å². The molecule has 6 heterocycles. The molecule has 4 aromatic rings. The lowest BCUT2D eigenvalue weighted by Crippen LogP contribution is -2.67. The van der Waals surface area contributed by atoms with Crippen LogP contribution in [0, 0.1) is 11.3 Å². The molecule has 46 heavy (non-hydrogen) atoms. The van der Waals surface area contributed by atoms with Gasteiger partial charge in [0, 0.05) is 88.0 Å². The van der Waals surface area contributed by atoms with Gasteiger partial charge in [-0.1, -0.05) is 24.8 Å². The molecule has 0 radical (unpaired) electrons. The normalized spacial score (nSPS) is 20.4. The average molecular weight is 615 g/mol. The Morgan fingerprint density at radius 1 is 0.957 bits per heavy atom. The molecule has 0 N–H and O–H groups in total. The minimum Gasteiger partial charge on any atom is -0.489 e. The molecule has 0 unspecified atom stereocenters. The topological polar surface area (TPSA) is 83.6 Å². The van der Waals surface area contributed by atoms with E-state index in [1.165, 1.54) is 11.8 Å². The predicted octanol–water partition coefficient (Wildman–Crippen LogP) is 3.57. The van der Waals surface area contributed by atoms with Crippen LogP contribution in [-0.2, 0) is 4.79 Å². The van der Waals surface area contributed by atoms with Crippen LogP contribution in [0.1, 0.15) is 5.56 Å². The van der Waals surface area contributed by atoms with Crippen LogP contribution < -0.4 is 14.5 Å². The Morgan fingerprint density at radius 2 is 1.74 bits per heavy atom. The molecule has 4 aliphatic heterocycles. The number of likely N-dealkylation sites (tertiary alicyclic amines) is 1. The zero-order chi connectivity index (χ0) is 31.4. The summed E-state index contributed by atoms with van der Waals surface area (Å²) in [6.45, 7) is 12.8. The molecule has 1 atom stereocenters. The number of rotatable bonds is 5. The molecule has 2 aromatic carbocycles. The molecular weight excluding hydrogens is 576 g/mol. The molecular formula is C36H38N8O2. The van der Waals surface area contributed by atoms with E-state index in [1.807, 2.05) is 15.6 Å². The number of fused-ring (bicyclic) bond motifs is 4. The number of carbonyl (C=O) groups is 1. The fraction of sp³-hybridized carbons (Fsp3) is 0.361. The average Bonchev–Trinajstić information content (AvgIpc) is 3.50. The van der Waals surface area contributed by atoms with Gasteiger partial charge in [0.2, 0.25) is 5.91 Å². The maximum atomic E-state index is 11.9. The number of aromatic nitrogens is 2. The lowest BCUT2D eigenvalue weighted by molar-refractivity contribution is -0.133. The molecule has 0 aliphatic carbocycles. The van der Waals surface area contributed by atoms with E-state index in [-0.39, 0.29) is 11.9 Å². The van der Waals surface area contributed by atoms with E-state index in [9.17, 15) is 10.1 Å². The quantitative estimate of drug-likeness (QED) is 0.316. The number of nitriles is 1. The van der Waals surface area contributed by atoms with Crippen LogP contribution in [0.4, 0.5) is 11.4 Å². The number of hydrogen-bond acceptors (Lipinski definition) is 8. The molecule has 10 heteroatoms. The molecule has 10 nitrogen and oxygen atoms in total. The first kappa shape index (κ1) is 28.6. The van der Waals surface area contributed by atoms with E-state index in [0.717, 1.165) is 98.1 Å². The van der Waals surface area contributed by atoms with Gasteiger partial charge >= 0.3 is 0 Å². The van der Waals surface area contributed by atoms with Gasteiger partial charge in [-0.15, -0.1) is 0 Å². The van der Waals surface area contributed by atoms with Gasteiger partial charge in [-0.25, -0.2) is 4.52 Å². The molecule has 2 aromatic heterocycles. The van der Waals surface area contributed by atoms with Crippen LogP contribution in [0.2, 0.25) is 0 Å². The van der Waals surface area contributed by atoms with Gasteiger partial charge in [-0.2, -0.15) is 10.4 Å². The molecule has 8 rings (SSSR count). The van der Waals surface area contributed by atoms with E-state index >= 15 is 0 Å². The van der Waals surface area contributed by atoms with Crippen molar-refractivity contribution in [1.29, 1.82) is 5.26 Å². The fourth-order valence-corrected chi connectivity index (χ4v) is 7.40. The summed E-state index contributed by atoms with van der Waals surface area (Å²) in [5.74, 6) is 0.882. The van der Waals surface area contributed by atoms with Crippen molar-refractivity contribution in [2.45, 2.75) is 12.1 Å². The summed E-state index contributed by atoms with van der Waals surface area (Å²) < 4.78 is 8.24. The number of hydrogen-bond donors (Lipinski definition) is 0. The largest absolute Gasteiger partial charge is 0.489 e. The van der Waals surface area contributed by atoms with Crippen molar-refractivity contribution in [2.24, 2.45) is 0 Å². The lowest BCUT2D eigenvalue weighted by atomic mass is 9.97. The lowest BCUT2D eigenvalue weighted by Gasteiger charge is -2.51. The number of likely N-dealkylation sites (N-methyl/N-ethyl adjacent to an activating group) is 1. The standard InChI is InChI=1S/C36H38N8O2/c1-3-35(45)42-21-30(22-42)41-14-15-43-31(23-41)24-46-34-17-26(6-9-33(34)43)32-16-27(20-44-36(32)28(18-37)19-38-44)25-4-7-29(8-5-25)40-12-10-39(2)11-13-40/h3-9,16-17,19-20,30-31H,1,10-15,21-24H2,2H3/t31-/m0/s1. The second-order valence-corrected chi connectivity index (χ2v) is 12.9. The first-order valence-corrected chi connectivity index (χ1v) is 16.1. The number of ether oxygens (including phenoxy) is 1. The minimum atomic E-state index is 0.0142. The van der Waals surface area contributed by atoms with Gasteiger partial charge in [-0.05, 0) is 54.6 Å². The van der Waals surface area contributed by atoms with Crippen LogP contribution in [0.5, 0.6) is 5.75 Å². The highest BCUT2D eigenvalue weighted by Crippen LogP contribution is 2.41. The Hall–Kier alpha value is -4.85. The minimum absolute atomic E-state index is 0.0142. The number of piperazine rings is 2. The highest BCUT2D eigenvalue weighted by atomic mass is 16.5. The van der Waals surface area contributed by atoms with Crippen LogP contribution in [0.15, 0.2) is 73.6 Å². The molecule has 0 saturated carbocycles. The van der Waals surface area contributed by atoms with Crippen molar-refractivity contribution in [3.63, 3.8) is 0 Å². The first-order valence-electron chi connectivity index (χ1n) is 16.1. The van der Waals surface area contributed by atoms with Crippen LogP contribution in [0.25, 0.3) is 27.8 Å². The van der Waals surface area contributed by atoms with Crippen molar-refractivity contribution < 1.29 is 9.53 Å². The van der Waals surface area contributed by atoms with Gasteiger partial charge < -0.3 is 24.3 Å². The number of nitrogens with zero attached hydrogens (tertiary/aromatic N) is 8. The number of amides is 1. The van der Waals surface area contributed by atoms with E-state index in [0.29, 0.717) is 18.2 Å². The summed E-state index contributed by atoms with van der Waals surface area (Å²) in [4.78, 5) is 23.5. The second-order valence-electron chi connectivity index (χ2n) is 12.9. The smallest absolute Gasteiger partial charge is 0.246 e. The maximum absolute atomic E-state index is 11.9. The van der Waals surface area contributed by atoms with Crippen molar-refractivity contribution in [3.05, 3.63) is 79.1 Å². The first-order chi connectivity index (χ1) is 22.5. The summed E-state index contributed by atoms with van der Waals surface area (Å²) in [5.41, 5.74) is 7.79. The highest BCUT2D eigenvalue weighted by Gasteiger charge is 2.40. The maximum Gasteiger partial charge on any atom is 0.246 e. The molecule has 234 valence electrons. The van der Waals surface area contributed by atoms with E-state index in [4.69, 9.17) is 4.74 Å². The van der Waals surface area contributed by atoms with Crippen molar-refractivity contribution >= 4 is 22.8 Å². The summed E-state index contributed by atoms with van der Waals surface area (Å²) in [5, 5.41) is 14.5. The summed E-state index contributed by atoms with van der Waals surface area (Å²) in [6, 6.07) is 20.4. The third kappa shape index (κ3) is 4.96. The Labute approximate surface area is 269 Å². The van der Waals surface area contributed by atoms with Gasteiger partial charge in [-0.3, -0.25) is 9.69 Å².